The van der Waals surface area contributed by atoms with Crippen molar-refractivity contribution >= 4 is 16.9 Å². The molecule has 3 aromatic heterocycles. The number of aromatic nitrogens is 3. The SMILES string of the molecule is COC(=O)c1c(C)nc2ccn(-c3ccncc3)c(=O)c2c1-c1cccc(C)c1. The van der Waals surface area contributed by atoms with Crippen molar-refractivity contribution in [2.75, 3.05) is 7.11 Å². The summed E-state index contributed by atoms with van der Waals surface area (Å²) in [5.74, 6) is -0.521. The molecule has 0 N–H and O–H groups in total. The molecule has 0 aliphatic heterocycles. The third-order valence-corrected chi connectivity index (χ3v) is 4.86. The lowest BCUT2D eigenvalue weighted by atomic mass is 9.94. The monoisotopic (exact) mass is 385 g/mol. The highest BCUT2D eigenvalue weighted by molar-refractivity contribution is 6.07. The summed E-state index contributed by atoms with van der Waals surface area (Å²) < 4.78 is 6.55. The predicted molar refractivity (Wildman–Crippen MR) is 111 cm³/mol. The average Bonchev–Trinajstić information content (AvgIpc) is 2.73. The van der Waals surface area contributed by atoms with Crippen molar-refractivity contribution in [2.45, 2.75) is 13.8 Å². The van der Waals surface area contributed by atoms with E-state index in [1.54, 1.807) is 43.7 Å². The van der Waals surface area contributed by atoms with Gasteiger partial charge in [0.25, 0.3) is 5.56 Å². The highest BCUT2D eigenvalue weighted by Gasteiger charge is 2.23. The standard InChI is InChI=1S/C23H19N3O3/c1-14-5-4-6-16(13-14)20-19(23(28)29-3)15(2)25-18-9-12-26(22(27)21(18)20)17-7-10-24-11-8-17/h4-13H,1-3H3. The molecule has 0 amide bonds. The van der Waals surface area contributed by atoms with Gasteiger partial charge >= 0.3 is 5.97 Å². The lowest BCUT2D eigenvalue weighted by Gasteiger charge is -2.16. The number of carbonyl (C=O) groups is 1. The molecule has 3 heterocycles. The van der Waals surface area contributed by atoms with E-state index >= 15 is 0 Å². The Morgan fingerprint density at radius 3 is 2.52 bits per heavy atom. The van der Waals surface area contributed by atoms with Crippen LogP contribution >= 0.6 is 0 Å². The number of ether oxygens (including phenoxy) is 1. The maximum Gasteiger partial charge on any atom is 0.340 e. The van der Waals surface area contributed by atoms with Crippen LogP contribution in [0.4, 0.5) is 0 Å². The molecule has 0 saturated carbocycles. The number of esters is 1. The zero-order valence-corrected chi connectivity index (χ0v) is 16.3. The van der Waals surface area contributed by atoms with E-state index in [-0.39, 0.29) is 5.56 Å². The molecule has 0 aliphatic rings. The molecule has 4 aromatic rings. The Morgan fingerprint density at radius 1 is 1.07 bits per heavy atom. The lowest BCUT2D eigenvalue weighted by Crippen LogP contribution is -2.20. The topological polar surface area (TPSA) is 74.1 Å². The van der Waals surface area contributed by atoms with Gasteiger partial charge in [0.2, 0.25) is 0 Å². The van der Waals surface area contributed by atoms with Crippen LogP contribution in [-0.4, -0.2) is 27.6 Å². The zero-order valence-electron chi connectivity index (χ0n) is 16.3. The van der Waals surface area contributed by atoms with E-state index in [1.807, 2.05) is 31.2 Å². The average molecular weight is 385 g/mol. The molecule has 0 unspecified atom stereocenters. The van der Waals surface area contributed by atoms with Crippen molar-refractivity contribution in [1.29, 1.82) is 0 Å². The maximum absolute atomic E-state index is 13.5. The predicted octanol–water partition coefficient (Wildman–Crippen LogP) is 3.85. The summed E-state index contributed by atoms with van der Waals surface area (Å²) in [7, 11) is 1.33. The Bertz CT molecular complexity index is 1290. The summed E-state index contributed by atoms with van der Waals surface area (Å²) in [6.07, 6.45) is 4.94. The summed E-state index contributed by atoms with van der Waals surface area (Å²) in [6, 6.07) is 13.0. The molecule has 6 heteroatoms. The van der Waals surface area contributed by atoms with E-state index in [2.05, 4.69) is 9.97 Å². The number of fused-ring (bicyclic) bond motifs is 1. The number of carbonyl (C=O) groups excluding carboxylic acids is 1. The first-order chi connectivity index (χ1) is 14.0. The minimum absolute atomic E-state index is 0.261. The van der Waals surface area contributed by atoms with Crippen LogP contribution in [0, 0.1) is 13.8 Å². The van der Waals surface area contributed by atoms with Gasteiger partial charge in [-0.25, -0.2) is 4.79 Å². The summed E-state index contributed by atoms with van der Waals surface area (Å²) in [5, 5.41) is 0.376. The van der Waals surface area contributed by atoms with Gasteiger partial charge in [0.05, 0.1) is 35.0 Å². The second-order valence-corrected chi connectivity index (χ2v) is 6.76. The molecule has 0 saturated heterocycles. The number of methoxy groups -OCH3 is 1. The molecule has 0 atom stereocenters. The number of benzene rings is 1. The van der Waals surface area contributed by atoms with Gasteiger partial charge < -0.3 is 4.74 Å². The molecule has 4 rings (SSSR count). The van der Waals surface area contributed by atoms with Crippen LogP contribution in [0.5, 0.6) is 0 Å². The molecular weight excluding hydrogens is 366 g/mol. The molecular formula is C23H19N3O3. The maximum atomic E-state index is 13.5. The zero-order chi connectivity index (χ0) is 20.5. The first-order valence-electron chi connectivity index (χ1n) is 9.13. The number of hydrogen-bond acceptors (Lipinski definition) is 5. The van der Waals surface area contributed by atoms with Gasteiger partial charge in [0.15, 0.2) is 0 Å². The molecule has 0 fully saturated rings. The highest BCUT2D eigenvalue weighted by atomic mass is 16.5. The Hall–Kier alpha value is -3.80. The van der Waals surface area contributed by atoms with Gasteiger partial charge in [-0.15, -0.1) is 0 Å². The summed E-state index contributed by atoms with van der Waals surface area (Å²) in [5.41, 5.74) is 4.09. The molecule has 1 aromatic carbocycles. The Labute approximate surface area is 167 Å². The molecule has 0 bridgehead atoms. The van der Waals surface area contributed by atoms with Crippen molar-refractivity contribution in [3.05, 3.63) is 88.2 Å². The minimum Gasteiger partial charge on any atom is -0.465 e. The molecule has 6 nitrogen and oxygen atoms in total. The van der Waals surface area contributed by atoms with E-state index in [0.29, 0.717) is 33.4 Å². The fourth-order valence-electron chi connectivity index (χ4n) is 3.55. The van der Waals surface area contributed by atoms with E-state index in [0.717, 1.165) is 11.1 Å². The second-order valence-electron chi connectivity index (χ2n) is 6.76. The van der Waals surface area contributed by atoms with Gasteiger partial charge in [-0.1, -0.05) is 29.8 Å². The lowest BCUT2D eigenvalue weighted by molar-refractivity contribution is 0.0600. The third kappa shape index (κ3) is 3.18. The van der Waals surface area contributed by atoms with Gasteiger partial charge in [0, 0.05) is 24.2 Å². The van der Waals surface area contributed by atoms with Crippen LogP contribution in [0.3, 0.4) is 0 Å². The van der Waals surface area contributed by atoms with Crippen LogP contribution in [0.15, 0.2) is 65.8 Å². The van der Waals surface area contributed by atoms with Crippen LogP contribution < -0.4 is 5.56 Å². The normalized spacial score (nSPS) is 10.9. The van der Waals surface area contributed by atoms with Crippen molar-refractivity contribution in [2.24, 2.45) is 0 Å². The first kappa shape index (κ1) is 18.6. The number of nitrogens with zero attached hydrogens (tertiary/aromatic N) is 3. The first-order valence-corrected chi connectivity index (χ1v) is 9.13. The van der Waals surface area contributed by atoms with Gasteiger partial charge in [0.1, 0.15) is 0 Å². The Kier molecular flexibility index (Phi) is 4.68. The Morgan fingerprint density at radius 2 is 1.83 bits per heavy atom. The molecule has 144 valence electrons. The van der Waals surface area contributed by atoms with Gasteiger partial charge in [-0.05, 0) is 37.6 Å². The van der Waals surface area contributed by atoms with Crippen LogP contribution in [0.2, 0.25) is 0 Å². The number of pyridine rings is 3. The van der Waals surface area contributed by atoms with Crippen molar-refractivity contribution in [3.63, 3.8) is 0 Å². The van der Waals surface area contributed by atoms with E-state index < -0.39 is 5.97 Å². The number of aryl methyl sites for hydroxylation is 2. The molecule has 0 aliphatic carbocycles. The Balaban J connectivity index is 2.18. The number of hydrogen-bond donors (Lipinski definition) is 0. The fraction of sp³-hybridized carbons (Fsp3) is 0.130. The summed E-state index contributed by atoms with van der Waals surface area (Å²) in [4.78, 5) is 34.7. The van der Waals surface area contributed by atoms with Crippen molar-refractivity contribution < 1.29 is 9.53 Å². The highest BCUT2D eigenvalue weighted by Crippen LogP contribution is 2.32. The van der Waals surface area contributed by atoms with Crippen LogP contribution in [-0.2, 0) is 4.74 Å². The fourth-order valence-corrected chi connectivity index (χ4v) is 3.55. The van der Waals surface area contributed by atoms with Gasteiger partial charge in [-0.3, -0.25) is 19.3 Å². The largest absolute Gasteiger partial charge is 0.465 e. The molecule has 0 radical (unpaired) electrons. The van der Waals surface area contributed by atoms with Crippen LogP contribution in [0.1, 0.15) is 21.6 Å². The minimum atomic E-state index is -0.521. The molecule has 29 heavy (non-hydrogen) atoms. The van der Waals surface area contributed by atoms with Crippen LogP contribution in [0.25, 0.3) is 27.7 Å². The van der Waals surface area contributed by atoms with Crippen molar-refractivity contribution in [1.82, 2.24) is 14.5 Å². The number of rotatable bonds is 3. The summed E-state index contributed by atoms with van der Waals surface area (Å²) in [6.45, 7) is 3.71. The van der Waals surface area contributed by atoms with E-state index in [1.165, 1.54) is 11.7 Å². The van der Waals surface area contributed by atoms with E-state index in [9.17, 15) is 9.59 Å². The van der Waals surface area contributed by atoms with Crippen molar-refractivity contribution in [3.8, 4) is 16.8 Å². The summed E-state index contributed by atoms with van der Waals surface area (Å²) >= 11 is 0. The van der Waals surface area contributed by atoms with E-state index in [4.69, 9.17) is 4.74 Å². The second kappa shape index (κ2) is 7.31. The molecule has 0 spiro atoms. The smallest absolute Gasteiger partial charge is 0.340 e. The quantitative estimate of drug-likeness (QED) is 0.501. The van der Waals surface area contributed by atoms with Gasteiger partial charge in [-0.2, -0.15) is 0 Å². The third-order valence-electron chi connectivity index (χ3n) is 4.86.